The number of anilines is 1. The molecular formula is C12H13ClF2N2O3. The van der Waals surface area contributed by atoms with Crippen molar-refractivity contribution in [2.45, 2.75) is 19.9 Å². The lowest BCUT2D eigenvalue weighted by molar-refractivity contribution is -0.141. The molecule has 0 spiro atoms. The van der Waals surface area contributed by atoms with Crippen molar-refractivity contribution in [1.29, 1.82) is 0 Å². The molecule has 0 aromatic heterocycles. The number of aliphatic carboxylic acids is 1. The number of amides is 2. The molecule has 20 heavy (non-hydrogen) atoms. The molecule has 0 bridgehead atoms. The summed E-state index contributed by atoms with van der Waals surface area (Å²) in [7, 11) is 0. The fourth-order valence-corrected chi connectivity index (χ4v) is 1.60. The van der Waals surface area contributed by atoms with Crippen LogP contribution in [0.3, 0.4) is 0 Å². The minimum absolute atomic E-state index is 0.295. The lowest BCUT2D eigenvalue weighted by Crippen LogP contribution is -2.42. The Morgan fingerprint density at radius 2 is 1.90 bits per heavy atom. The maximum absolute atomic E-state index is 13.4. The number of halogens is 3. The second-order valence-corrected chi connectivity index (χ2v) is 4.67. The molecule has 0 aliphatic rings. The number of hydrogen-bond acceptors (Lipinski definition) is 2. The van der Waals surface area contributed by atoms with Gasteiger partial charge < -0.3 is 15.7 Å². The number of carboxylic acids is 1. The van der Waals surface area contributed by atoms with Crippen molar-refractivity contribution < 1.29 is 23.5 Å². The Morgan fingerprint density at radius 3 is 2.40 bits per heavy atom. The summed E-state index contributed by atoms with van der Waals surface area (Å²) in [5.74, 6) is -3.80. The Labute approximate surface area is 118 Å². The molecule has 3 N–H and O–H groups in total. The molecule has 0 aliphatic carbocycles. The van der Waals surface area contributed by atoms with Crippen LogP contribution in [-0.4, -0.2) is 23.1 Å². The number of benzene rings is 1. The first kappa shape index (κ1) is 16.2. The molecule has 110 valence electrons. The maximum atomic E-state index is 13.4. The molecule has 1 rings (SSSR count). The highest BCUT2D eigenvalue weighted by Gasteiger charge is 2.22. The molecule has 8 heteroatoms. The Hall–Kier alpha value is -1.89. The number of carboxylic acid groups (broad SMARTS) is 1. The van der Waals surface area contributed by atoms with Gasteiger partial charge in [-0.15, -0.1) is 0 Å². The Kier molecular flexibility index (Phi) is 5.26. The topological polar surface area (TPSA) is 78.4 Å². The molecule has 0 saturated carbocycles. The summed E-state index contributed by atoms with van der Waals surface area (Å²) in [5.41, 5.74) is -0.374. The van der Waals surface area contributed by atoms with Gasteiger partial charge in [0.1, 0.15) is 5.82 Å². The molecule has 5 nitrogen and oxygen atoms in total. The van der Waals surface area contributed by atoms with Crippen LogP contribution in [0.25, 0.3) is 0 Å². The molecule has 0 aliphatic heterocycles. The van der Waals surface area contributed by atoms with Crippen molar-refractivity contribution >= 4 is 29.3 Å². The average Bonchev–Trinajstić information content (AvgIpc) is 2.32. The second-order valence-electron chi connectivity index (χ2n) is 4.26. The van der Waals surface area contributed by atoms with Crippen molar-refractivity contribution in [1.82, 2.24) is 5.32 Å². The maximum Gasteiger partial charge on any atom is 0.319 e. The quantitative estimate of drug-likeness (QED) is 0.800. The van der Waals surface area contributed by atoms with Gasteiger partial charge in [0.2, 0.25) is 0 Å². The fourth-order valence-electron chi connectivity index (χ4n) is 1.36. The molecule has 0 radical (unpaired) electrons. The van der Waals surface area contributed by atoms with E-state index < -0.39 is 35.6 Å². The molecule has 2 unspecified atom stereocenters. The zero-order chi connectivity index (χ0) is 15.4. The monoisotopic (exact) mass is 306 g/mol. The minimum atomic E-state index is -1.08. The smallest absolute Gasteiger partial charge is 0.319 e. The van der Waals surface area contributed by atoms with E-state index in [9.17, 15) is 18.4 Å². The van der Waals surface area contributed by atoms with Gasteiger partial charge in [-0.2, -0.15) is 0 Å². The van der Waals surface area contributed by atoms with Crippen LogP contribution in [-0.2, 0) is 4.79 Å². The summed E-state index contributed by atoms with van der Waals surface area (Å²) >= 11 is 5.61. The van der Waals surface area contributed by atoms with E-state index in [-0.39, 0.29) is 10.7 Å². The van der Waals surface area contributed by atoms with Crippen molar-refractivity contribution in [3.63, 3.8) is 0 Å². The highest BCUT2D eigenvalue weighted by Crippen LogP contribution is 2.26. The lowest BCUT2D eigenvalue weighted by Gasteiger charge is -2.18. The average molecular weight is 307 g/mol. The first-order chi connectivity index (χ1) is 9.22. The highest BCUT2D eigenvalue weighted by atomic mass is 35.5. The summed E-state index contributed by atoms with van der Waals surface area (Å²) in [5, 5.41) is 12.9. The van der Waals surface area contributed by atoms with E-state index in [1.54, 1.807) is 0 Å². The van der Waals surface area contributed by atoms with Gasteiger partial charge >= 0.3 is 12.0 Å². The molecule has 0 heterocycles. The summed E-state index contributed by atoms with van der Waals surface area (Å²) < 4.78 is 26.3. The first-order valence-corrected chi connectivity index (χ1v) is 6.05. The summed E-state index contributed by atoms with van der Waals surface area (Å²) in [6.45, 7) is 2.90. The van der Waals surface area contributed by atoms with Gasteiger partial charge in [-0.1, -0.05) is 11.6 Å². The predicted octanol–water partition coefficient (Wildman–Crippen LogP) is 2.85. The summed E-state index contributed by atoms with van der Waals surface area (Å²) in [6.07, 6.45) is 0. The Bertz CT molecular complexity index is 516. The highest BCUT2D eigenvalue weighted by molar-refractivity contribution is 6.33. The third kappa shape index (κ3) is 4.06. The normalized spacial score (nSPS) is 13.4. The number of nitrogens with one attached hydrogen (secondary N) is 2. The molecule has 1 aromatic carbocycles. The van der Waals surface area contributed by atoms with E-state index in [0.717, 1.165) is 6.07 Å². The van der Waals surface area contributed by atoms with E-state index >= 15 is 0 Å². The number of carbonyl (C=O) groups is 2. The van der Waals surface area contributed by atoms with Crippen molar-refractivity contribution in [2.24, 2.45) is 5.92 Å². The largest absolute Gasteiger partial charge is 0.481 e. The van der Waals surface area contributed by atoms with Crippen LogP contribution in [0, 0.1) is 17.6 Å². The second kappa shape index (κ2) is 6.51. The van der Waals surface area contributed by atoms with Gasteiger partial charge in [0.25, 0.3) is 0 Å². The van der Waals surface area contributed by atoms with Gasteiger partial charge in [0, 0.05) is 12.1 Å². The van der Waals surface area contributed by atoms with Crippen molar-refractivity contribution in [2.75, 3.05) is 5.32 Å². The van der Waals surface area contributed by atoms with Gasteiger partial charge in [-0.3, -0.25) is 4.79 Å². The van der Waals surface area contributed by atoms with Crippen LogP contribution in [0.5, 0.6) is 0 Å². The zero-order valence-electron chi connectivity index (χ0n) is 10.7. The predicted molar refractivity (Wildman–Crippen MR) is 69.8 cm³/mol. The van der Waals surface area contributed by atoms with E-state index in [2.05, 4.69) is 10.6 Å². The van der Waals surface area contributed by atoms with E-state index in [0.29, 0.717) is 6.07 Å². The van der Waals surface area contributed by atoms with Crippen LogP contribution in [0.4, 0.5) is 19.3 Å². The molecule has 0 fully saturated rings. The van der Waals surface area contributed by atoms with Crippen LogP contribution in [0.1, 0.15) is 13.8 Å². The van der Waals surface area contributed by atoms with Gasteiger partial charge in [-0.25, -0.2) is 13.6 Å². The number of rotatable bonds is 4. The third-order valence-corrected chi connectivity index (χ3v) is 3.04. The lowest BCUT2D eigenvalue weighted by atomic mass is 10.0. The van der Waals surface area contributed by atoms with Gasteiger partial charge in [0.15, 0.2) is 5.82 Å². The van der Waals surface area contributed by atoms with Crippen molar-refractivity contribution in [3.8, 4) is 0 Å². The number of carbonyl (C=O) groups excluding carboxylic acids is 1. The van der Waals surface area contributed by atoms with Crippen LogP contribution in [0.2, 0.25) is 5.02 Å². The van der Waals surface area contributed by atoms with E-state index in [1.807, 2.05) is 0 Å². The van der Waals surface area contributed by atoms with Crippen LogP contribution >= 0.6 is 11.6 Å². The van der Waals surface area contributed by atoms with Gasteiger partial charge in [-0.05, 0) is 19.9 Å². The number of urea groups is 1. The van der Waals surface area contributed by atoms with Crippen molar-refractivity contribution in [3.05, 3.63) is 28.8 Å². The first-order valence-electron chi connectivity index (χ1n) is 5.67. The molecular weight excluding hydrogens is 294 g/mol. The standard InChI is InChI=1S/C12H13ClF2N2O3/c1-5(11(18)19)6(2)16-12(20)17-10-8(13)3-7(14)4-9(10)15/h3-6H,1-2H3,(H,18,19)(H2,16,17,20). The molecule has 0 saturated heterocycles. The van der Waals surface area contributed by atoms with E-state index in [4.69, 9.17) is 16.7 Å². The van der Waals surface area contributed by atoms with E-state index in [1.165, 1.54) is 13.8 Å². The van der Waals surface area contributed by atoms with Crippen LogP contribution in [0.15, 0.2) is 12.1 Å². The molecule has 2 amide bonds. The molecule has 2 atom stereocenters. The fraction of sp³-hybridized carbons (Fsp3) is 0.333. The Balaban J connectivity index is 2.75. The zero-order valence-corrected chi connectivity index (χ0v) is 11.5. The third-order valence-electron chi connectivity index (χ3n) is 2.74. The minimum Gasteiger partial charge on any atom is -0.481 e. The van der Waals surface area contributed by atoms with Crippen LogP contribution < -0.4 is 10.6 Å². The number of hydrogen-bond donors (Lipinski definition) is 3. The summed E-state index contributed by atoms with van der Waals surface area (Å²) in [4.78, 5) is 22.3. The SMILES string of the molecule is CC(NC(=O)Nc1c(F)cc(F)cc1Cl)C(C)C(=O)O. The van der Waals surface area contributed by atoms with Gasteiger partial charge in [0.05, 0.1) is 16.6 Å². The molecule has 1 aromatic rings. The Morgan fingerprint density at radius 1 is 1.30 bits per heavy atom. The summed E-state index contributed by atoms with van der Waals surface area (Å²) in [6, 6.07) is -0.0956.